The van der Waals surface area contributed by atoms with E-state index in [9.17, 15) is 5.11 Å². The van der Waals surface area contributed by atoms with Gasteiger partial charge in [-0.25, -0.2) is 9.67 Å². The Morgan fingerprint density at radius 2 is 1.76 bits per heavy atom. The second-order valence-electron chi connectivity index (χ2n) is 6.34. The normalized spacial score (nSPS) is 11.6. The van der Waals surface area contributed by atoms with Crippen LogP contribution in [0, 0.1) is 6.92 Å². The van der Waals surface area contributed by atoms with Crippen molar-refractivity contribution in [2.45, 2.75) is 6.92 Å². The van der Waals surface area contributed by atoms with E-state index in [-0.39, 0.29) is 10.8 Å². The number of halogens is 4. The van der Waals surface area contributed by atoms with Crippen LogP contribution in [0.3, 0.4) is 0 Å². The van der Waals surface area contributed by atoms with Gasteiger partial charge in [0, 0.05) is 16.0 Å². The number of benzene rings is 2. The number of nitrogens with zero attached hydrogens (tertiary/aromatic N) is 3. The summed E-state index contributed by atoms with van der Waals surface area (Å²) in [5.41, 5.74) is 3.21. The van der Waals surface area contributed by atoms with Gasteiger partial charge in [-0.3, -0.25) is 0 Å². The third kappa shape index (κ3) is 3.81. The van der Waals surface area contributed by atoms with E-state index in [0.717, 1.165) is 16.9 Å². The fraction of sp³-hybridized carbons (Fsp3) is 0.0476. The van der Waals surface area contributed by atoms with E-state index in [1.54, 1.807) is 35.0 Å². The number of hydrogen-bond donors (Lipinski definition) is 1. The minimum Gasteiger partial charge on any atom is -0.504 e. The van der Waals surface area contributed by atoms with Crippen LogP contribution in [0.4, 0.5) is 0 Å². The zero-order valence-electron chi connectivity index (χ0n) is 15.0. The van der Waals surface area contributed by atoms with Crippen LogP contribution in [-0.2, 0) is 0 Å². The number of fused-ring (bicyclic) bond motifs is 1. The molecular formula is C21H13Cl4N3O. The number of rotatable bonds is 3. The van der Waals surface area contributed by atoms with Crippen molar-refractivity contribution in [1.29, 1.82) is 0 Å². The first-order valence-corrected chi connectivity index (χ1v) is 10.0. The van der Waals surface area contributed by atoms with Crippen molar-refractivity contribution in [2.75, 3.05) is 0 Å². The van der Waals surface area contributed by atoms with Crippen molar-refractivity contribution >= 4 is 69.5 Å². The molecule has 0 aliphatic heterocycles. The molecule has 0 bridgehead atoms. The average molecular weight is 465 g/mol. The van der Waals surface area contributed by atoms with Crippen molar-refractivity contribution in [3.05, 3.63) is 79.6 Å². The largest absolute Gasteiger partial charge is 0.504 e. The predicted molar refractivity (Wildman–Crippen MR) is 121 cm³/mol. The molecule has 1 N–H and O–H groups in total. The zero-order valence-corrected chi connectivity index (χ0v) is 18.0. The Bertz CT molecular complexity index is 1280. The number of phenolic OH excluding ortho intramolecular Hbond substituents is 1. The first-order valence-electron chi connectivity index (χ1n) is 8.52. The van der Waals surface area contributed by atoms with Crippen molar-refractivity contribution in [2.24, 2.45) is 0 Å². The van der Waals surface area contributed by atoms with Gasteiger partial charge in [-0.05, 0) is 55.5 Å². The maximum atomic E-state index is 10.2. The standard InChI is InChI=1S/C21H13Cl4N3O/c1-11-15(21(25)28(27-11)14-4-2-3-12(22)9-14)7-5-13-6-8-16-17(23)10-18(24)20(29)19(16)26-13/h2-10,29H,1H3. The van der Waals surface area contributed by atoms with Crippen LogP contribution in [-0.4, -0.2) is 19.9 Å². The van der Waals surface area contributed by atoms with Crippen molar-refractivity contribution in [3.63, 3.8) is 0 Å². The van der Waals surface area contributed by atoms with E-state index in [4.69, 9.17) is 46.4 Å². The average Bonchev–Trinajstić information content (AvgIpc) is 2.98. The lowest BCUT2D eigenvalue weighted by Crippen LogP contribution is -1.96. The summed E-state index contributed by atoms with van der Waals surface area (Å²) in [7, 11) is 0. The minimum atomic E-state index is -0.107. The third-order valence-corrected chi connectivity index (χ3v) is 5.60. The van der Waals surface area contributed by atoms with Crippen LogP contribution in [0.15, 0.2) is 42.5 Å². The van der Waals surface area contributed by atoms with Gasteiger partial charge >= 0.3 is 0 Å². The Morgan fingerprint density at radius 1 is 0.966 bits per heavy atom. The first kappa shape index (κ1) is 20.0. The van der Waals surface area contributed by atoms with Gasteiger partial charge in [0.2, 0.25) is 0 Å². The van der Waals surface area contributed by atoms with Crippen LogP contribution in [0.5, 0.6) is 5.75 Å². The second kappa shape index (κ2) is 7.88. The number of hydrogen-bond acceptors (Lipinski definition) is 3. The van der Waals surface area contributed by atoms with Gasteiger partial charge in [0.1, 0.15) is 10.7 Å². The molecule has 0 aliphatic rings. The van der Waals surface area contributed by atoms with Crippen LogP contribution >= 0.6 is 46.4 Å². The number of phenols is 1. The van der Waals surface area contributed by atoms with E-state index in [1.807, 2.05) is 25.1 Å². The van der Waals surface area contributed by atoms with E-state index in [2.05, 4.69) is 10.1 Å². The summed E-state index contributed by atoms with van der Waals surface area (Å²) in [6.07, 6.45) is 3.61. The number of pyridine rings is 1. The lowest BCUT2D eigenvalue weighted by Gasteiger charge is -2.05. The molecule has 4 rings (SSSR count). The smallest absolute Gasteiger partial charge is 0.160 e. The monoisotopic (exact) mass is 463 g/mol. The van der Waals surface area contributed by atoms with E-state index in [1.165, 1.54) is 6.07 Å². The lowest BCUT2D eigenvalue weighted by molar-refractivity contribution is 0.480. The highest BCUT2D eigenvalue weighted by Crippen LogP contribution is 2.36. The molecule has 4 aromatic rings. The quantitative estimate of drug-likeness (QED) is 0.348. The summed E-state index contributed by atoms with van der Waals surface area (Å²) in [4.78, 5) is 4.45. The van der Waals surface area contributed by atoms with Crippen molar-refractivity contribution in [1.82, 2.24) is 14.8 Å². The molecule has 0 unspecified atom stereocenters. The molecule has 4 nitrogen and oxygen atoms in total. The fourth-order valence-electron chi connectivity index (χ4n) is 2.96. The number of aromatic nitrogens is 3. The molecule has 2 aromatic heterocycles. The molecule has 2 aromatic carbocycles. The summed E-state index contributed by atoms with van der Waals surface area (Å²) in [6.45, 7) is 1.87. The molecule has 0 spiro atoms. The Morgan fingerprint density at radius 3 is 2.52 bits per heavy atom. The van der Waals surface area contributed by atoms with Gasteiger partial charge in [-0.15, -0.1) is 0 Å². The molecule has 0 saturated heterocycles. The third-order valence-electron chi connectivity index (χ3n) is 4.40. The summed E-state index contributed by atoms with van der Waals surface area (Å²) in [5, 5.41) is 17.0. The molecule has 0 radical (unpaired) electrons. The zero-order chi connectivity index (χ0) is 20.7. The molecule has 2 heterocycles. The lowest BCUT2D eigenvalue weighted by atomic mass is 10.1. The van der Waals surface area contributed by atoms with Crippen LogP contribution in [0.1, 0.15) is 17.0 Å². The van der Waals surface area contributed by atoms with Gasteiger partial charge in [0.25, 0.3) is 0 Å². The molecule has 146 valence electrons. The Labute approximate surface area is 186 Å². The second-order valence-corrected chi connectivity index (χ2v) is 7.94. The number of aryl methyl sites for hydroxylation is 1. The Balaban J connectivity index is 1.74. The Hall–Kier alpha value is -2.24. The topological polar surface area (TPSA) is 50.9 Å². The Kier molecular flexibility index (Phi) is 5.45. The van der Waals surface area contributed by atoms with Crippen LogP contribution in [0.25, 0.3) is 28.7 Å². The maximum absolute atomic E-state index is 10.2. The van der Waals surface area contributed by atoms with Gasteiger partial charge in [0.15, 0.2) is 5.75 Å². The molecule has 0 saturated carbocycles. The highest BCUT2D eigenvalue weighted by atomic mass is 35.5. The fourth-order valence-corrected chi connectivity index (χ4v) is 3.99. The molecule has 0 aliphatic carbocycles. The van der Waals surface area contributed by atoms with Crippen LogP contribution in [0.2, 0.25) is 20.2 Å². The molecular weight excluding hydrogens is 452 g/mol. The van der Waals surface area contributed by atoms with Crippen molar-refractivity contribution < 1.29 is 5.11 Å². The highest BCUT2D eigenvalue weighted by Gasteiger charge is 2.14. The van der Waals surface area contributed by atoms with Gasteiger partial charge < -0.3 is 5.11 Å². The van der Waals surface area contributed by atoms with E-state index >= 15 is 0 Å². The van der Waals surface area contributed by atoms with Gasteiger partial charge in [-0.1, -0.05) is 52.5 Å². The van der Waals surface area contributed by atoms with Crippen LogP contribution < -0.4 is 0 Å². The summed E-state index contributed by atoms with van der Waals surface area (Å²) < 4.78 is 1.63. The molecule has 0 atom stereocenters. The SMILES string of the molecule is Cc1nn(-c2cccc(Cl)c2)c(Cl)c1C=Cc1ccc2c(Cl)cc(Cl)c(O)c2n1. The molecule has 0 fully saturated rings. The highest BCUT2D eigenvalue weighted by molar-refractivity contribution is 6.39. The predicted octanol–water partition coefficient (Wildman–Crippen LogP) is 7.22. The minimum absolute atomic E-state index is 0.107. The molecule has 8 heteroatoms. The maximum Gasteiger partial charge on any atom is 0.160 e. The summed E-state index contributed by atoms with van der Waals surface area (Å²) in [5.74, 6) is -0.107. The number of aromatic hydroxyl groups is 1. The summed E-state index contributed by atoms with van der Waals surface area (Å²) in [6, 6.07) is 12.4. The molecule has 0 amide bonds. The molecule has 29 heavy (non-hydrogen) atoms. The van der Waals surface area contributed by atoms with Gasteiger partial charge in [-0.2, -0.15) is 5.10 Å². The van der Waals surface area contributed by atoms with E-state index < -0.39 is 0 Å². The van der Waals surface area contributed by atoms with Gasteiger partial charge in [0.05, 0.1) is 27.1 Å². The van der Waals surface area contributed by atoms with Crippen molar-refractivity contribution in [3.8, 4) is 11.4 Å². The van der Waals surface area contributed by atoms with E-state index in [0.29, 0.717) is 31.8 Å². The summed E-state index contributed by atoms with van der Waals surface area (Å²) >= 11 is 24.8. The first-order chi connectivity index (χ1) is 13.8.